The molecule has 0 aliphatic rings. The predicted molar refractivity (Wildman–Crippen MR) is 77.6 cm³/mol. The van der Waals surface area contributed by atoms with Gasteiger partial charge in [0, 0.05) is 23.2 Å². The molecule has 0 N–H and O–H groups in total. The maximum Gasteiger partial charge on any atom is 0.258 e. The molecule has 0 saturated carbocycles. The number of anilines is 1. The Labute approximate surface area is 113 Å². The van der Waals surface area contributed by atoms with Gasteiger partial charge < -0.3 is 4.90 Å². The van der Waals surface area contributed by atoms with E-state index in [4.69, 9.17) is 0 Å². The average molecular weight is 257 g/mol. The van der Waals surface area contributed by atoms with E-state index in [1.54, 1.807) is 18.0 Å². The first-order chi connectivity index (χ1) is 8.59. The van der Waals surface area contributed by atoms with Crippen molar-refractivity contribution in [2.45, 2.75) is 11.8 Å². The Kier molecular flexibility index (Phi) is 3.72. The highest BCUT2D eigenvalue weighted by Crippen LogP contribution is 2.19. The molecule has 92 valence electrons. The summed E-state index contributed by atoms with van der Waals surface area (Å²) in [5.74, 6) is -0.0189. The van der Waals surface area contributed by atoms with E-state index < -0.39 is 0 Å². The van der Waals surface area contributed by atoms with Crippen molar-refractivity contribution in [1.82, 2.24) is 0 Å². The van der Waals surface area contributed by atoms with Gasteiger partial charge in [0.25, 0.3) is 5.91 Å². The lowest BCUT2D eigenvalue weighted by Crippen LogP contribution is -2.26. The molecule has 2 aromatic carbocycles. The highest BCUT2D eigenvalue weighted by Gasteiger charge is 2.15. The second kappa shape index (κ2) is 5.27. The van der Waals surface area contributed by atoms with Crippen LogP contribution >= 0.6 is 12.6 Å². The number of carbonyl (C=O) groups is 1. The Hall–Kier alpha value is -1.74. The van der Waals surface area contributed by atoms with Crippen molar-refractivity contribution >= 4 is 24.2 Å². The first-order valence-corrected chi connectivity index (χ1v) is 6.17. The lowest BCUT2D eigenvalue weighted by Gasteiger charge is -2.18. The smallest absolute Gasteiger partial charge is 0.258 e. The average Bonchev–Trinajstić information content (AvgIpc) is 2.41. The standard InChI is InChI=1S/C15H15NOS/c1-11-8-9-13(18)10-14(11)15(17)16(2)12-6-4-3-5-7-12/h3-10,18H,1-2H3. The number of hydrogen-bond donors (Lipinski definition) is 1. The van der Waals surface area contributed by atoms with Gasteiger partial charge in [0.2, 0.25) is 0 Å². The Morgan fingerprint density at radius 1 is 1.11 bits per heavy atom. The lowest BCUT2D eigenvalue weighted by atomic mass is 10.1. The number of aryl methyl sites for hydroxylation is 1. The van der Waals surface area contributed by atoms with Gasteiger partial charge in [-0.25, -0.2) is 0 Å². The highest BCUT2D eigenvalue weighted by atomic mass is 32.1. The van der Waals surface area contributed by atoms with Crippen molar-refractivity contribution in [2.75, 3.05) is 11.9 Å². The number of para-hydroxylation sites is 1. The van der Waals surface area contributed by atoms with Gasteiger partial charge in [-0.2, -0.15) is 0 Å². The molecule has 2 nitrogen and oxygen atoms in total. The fourth-order valence-electron chi connectivity index (χ4n) is 1.79. The summed E-state index contributed by atoms with van der Waals surface area (Å²) in [6, 6.07) is 15.2. The number of rotatable bonds is 2. The van der Waals surface area contributed by atoms with Gasteiger partial charge in [0.15, 0.2) is 0 Å². The van der Waals surface area contributed by atoms with Gasteiger partial charge in [-0.3, -0.25) is 4.79 Å². The van der Waals surface area contributed by atoms with Gasteiger partial charge >= 0.3 is 0 Å². The molecular weight excluding hydrogens is 242 g/mol. The van der Waals surface area contributed by atoms with E-state index in [1.807, 2.05) is 49.4 Å². The van der Waals surface area contributed by atoms with Crippen LogP contribution in [0.25, 0.3) is 0 Å². The maximum atomic E-state index is 12.4. The van der Waals surface area contributed by atoms with E-state index in [1.165, 1.54) is 0 Å². The minimum Gasteiger partial charge on any atom is -0.311 e. The van der Waals surface area contributed by atoms with Crippen LogP contribution < -0.4 is 4.90 Å². The van der Waals surface area contributed by atoms with Crippen LogP contribution in [0.2, 0.25) is 0 Å². The summed E-state index contributed by atoms with van der Waals surface area (Å²) in [6.45, 7) is 1.93. The summed E-state index contributed by atoms with van der Waals surface area (Å²) < 4.78 is 0. The molecule has 0 aliphatic heterocycles. The molecule has 0 saturated heterocycles. The van der Waals surface area contributed by atoms with Crippen LogP contribution in [0.5, 0.6) is 0 Å². The van der Waals surface area contributed by atoms with E-state index in [9.17, 15) is 4.79 Å². The first kappa shape index (κ1) is 12.7. The summed E-state index contributed by atoms with van der Waals surface area (Å²) in [5.41, 5.74) is 2.53. The largest absolute Gasteiger partial charge is 0.311 e. The Morgan fingerprint density at radius 3 is 2.44 bits per heavy atom. The summed E-state index contributed by atoms with van der Waals surface area (Å²) in [7, 11) is 1.78. The fraction of sp³-hybridized carbons (Fsp3) is 0.133. The topological polar surface area (TPSA) is 20.3 Å². The maximum absolute atomic E-state index is 12.4. The summed E-state index contributed by atoms with van der Waals surface area (Å²) in [4.78, 5) is 14.9. The van der Waals surface area contributed by atoms with E-state index in [0.29, 0.717) is 5.56 Å². The molecule has 0 aliphatic carbocycles. The van der Waals surface area contributed by atoms with Crippen molar-refractivity contribution in [3.05, 3.63) is 59.7 Å². The molecule has 18 heavy (non-hydrogen) atoms. The minimum absolute atomic E-state index is 0.0189. The zero-order valence-electron chi connectivity index (χ0n) is 10.4. The van der Waals surface area contributed by atoms with Crippen LogP contribution in [0.3, 0.4) is 0 Å². The Balaban J connectivity index is 2.34. The van der Waals surface area contributed by atoms with Crippen LogP contribution in [0, 0.1) is 6.92 Å². The molecule has 0 spiro atoms. The van der Waals surface area contributed by atoms with Crippen LogP contribution in [0.1, 0.15) is 15.9 Å². The molecule has 0 bridgehead atoms. The first-order valence-electron chi connectivity index (χ1n) is 5.72. The third-order valence-corrected chi connectivity index (χ3v) is 3.18. The summed E-state index contributed by atoms with van der Waals surface area (Å²) in [6.07, 6.45) is 0. The van der Waals surface area contributed by atoms with Crippen molar-refractivity contribution in [2.24, 2.45) is 0 Å². The van der Waals surface area contributed by atoms with Gasteiger partial charge in [-0.15, -0.1) is 12.6 Å². The molecule has 1 amide bonds. The quantitative estimate of drug-likeness (QED) is 0.816. The molecule has 0 heterocycles. The number of hydrogen-bond acceptors (Lipinski definition) is 2. The number of thiol groups is 1. The molecular formula is C15H15NOS. The molecule has 3 heteroatoms. The van der Waals surface area contributed by atoms with Crippen molar-refractivity contribution in [1.29, 1.82) is 0 Å². The van der Waals surface area contributed by atoms with Crippen LogP contribution in [0.4, 0.5) is 5.69 Å². The molecule has 2 aromatic rings. The van der Waals surface area contributed by atoms with E-state index in [0.717, 1.165) is 16.1 Å². The van der Waals surface area contributed by atoms with Crippen LogP contribution in [-0.4, -0.2) is 13.0 Å². The molecule has 0 unspecified atom stereocenters. The zero-order valence-corrected chi connectivity index (χ0v) is 11.3. The van der Waals surface area contributed by atoms with Gasteiger partial charge in [0.1, 0.15) is 0 Å². The van der Waals surface area contributed by atoms with Crippen LogP contribution in [-0.2, 0) is 0 Å². The number of benzene rings is 2. The van der Waals surface area contributed by atoms with Gasteiger partial charge in [0.05, 0.1) is 0 Å². The second-order valence-electron chi connectivity index (χ2n) is 4.20. The Morgan fingerprint density at radius 2 is 1.78 bits per heavy atom. The van der Waals surface area contributed by atoms with Gasteiger partial charge in [-0.05, 0) is 36.8 Å². The summed E-state index contributed by atoms with van der Waals surface area (Å²) in [5, 5.41) is 0. The van der Waals surface area contributed by atoms with E-state index in [2.05, 4.69) is 12.6 Å². The molecule has 0 radical (unpaired) electrons. The zero-order chi connectivity index (χ0) is 13.1. The number of nitrogens with zero attached hydrogens (tertiary/aromatic N) is 1. The van der Waals surface area contributed by atoms with Crippen molar-refractivity contribution < 1.29 is 4.79 Å². The number of carbonyl (C=O) groups excluding carboxylic acids is 1. The third-order valence-electron chi connectivity index (χ3n) is 2.90. The second-order valence-corrected chi connectivity index (χ2v) is 4.72. The predicted octanol–water partition coefficient (Wildman–Crippen LogP) is 3.56. The molecule has 0 aromatic heterocycles. The third kappa shape index (κ3) is 2.57. The van der Waals surface area contributed by atoms with Gasteiger partial charge in [-0.1, -0.05) is 24.3 Å². The lowest BCUT2D eigenvalue weighted by molar-refractivity contribution is 0.0992. The van der Waals surface area contributed by atoms with Crippen LogP contribution in [0.15, 0.2) is 53.4 Å². The van der Waals surface area contributed by atoms with Crippen molar-refractivity contribution in [3.8, 4) is 0 Å². The number of amides is 1. The Bertz CT molecular complexity index is 566. The molecule has 0 fully saturated rings. The summed E-state index contributed by atoms with van der Waals surface area (Å²) >= 11 is 4.28. The monoisotopic (exact) mass is 257 g/mol. The molecule has 2 rings (SSSR count). The minimum atomic E-state index is -0.0189. The van der Waals surface area contributed by atoms with E-state index in [-0.39, 0.29) is 5.91 Å². The molecule has 0 atom stereocenters. The normalized spacial score (nSPS) is 10.2. The fourth-order valence-corrected chi connectivity index (χ4v) is 1.99. The SMILES string of the molecule is Cc1ccc(S)cc1C(=O)N(C)c1ccccc1. The highest BCUT2D eigenvalue weighted by molar-refractivity contribution is 7.80. The van der Waals surface area contributed by atoms with Crippen molar-refractivity contribution in [3.63, 3.8) is 0 Å². The van der Waals surface area contributed by atoms with E-state index >= 15 is 0 Å².